The number of rotatable bonds is 4. The highest BCUT2D eigenvalue weighted by molar-refractivity contribution is 5.78. The second-order valence-electron chi connectivity index (χ2n) is 6.60. The first-order valence-electron chi connectivity index (χ1n) is 8.61. The molecule has 2 unspecified atom stereocenters. The highest BCUT2D eigenvalue weighted by Crippen LogP contribution is 2.13. The van der Waals surface area contributed by atoms with Gasteiger partial charge in [0.2, 0.25) is 5.91 Å². The first kappa shape index (κ1) is 16.2. The highest BCUT2D eigenvalue weighted by Gasteiger charge is 2.24. The molecule has 0 bridgehead atoms. The zero-order valence-electron chi connectivity index (χ0n) is 13.9. The van der Waals surface area contributed by atoms with Crippen molar-refractivity contribution in [1.29, 1.82) is 0 Å². The Morgan fingerprint density at radius 3 is 2.87 bits per heavy atom. The van der Waals surface area contributed by atoms with Crippen LogP contribution in [-0.4, -0.2) is 67.6 Å². The van der Waals surface area contributed by atoms with Crippen LogP contribution in [0.5, 0.6) is 0 Å². The number of carbonyl (C=O) groups excluding carboxylic acids is 1. The van der Waals surface area contributed by atoms with Crippen LogP contribution in [0.2, 0.25) is 0 Å². The minimum Gasteiger partial charge on any atom is -0.354 e. The van der Waals surface area contributed by atoms with E-state index in [-0.39, 0.29) is 11.9 Å². The van der Waals surface area contributed by atoms with E-state index in [4.69, 9.17) is 0 Å². The van der Waals surface area contributed by atoms with Gasteiger partial charge in [-0.1, -0.05) is 13.0 Å². The van der Waals surface area contributed by atoms with E-state index in [1.54, 1.807) is 0 Å². The summed E-state index contributed by atoms with van der Waals surface area (Å²) < 4.78 is 0. The Labute approximate surface area is 138 Å². The van der Waals surface area contributed by atoms with Gasteiger partial charge in [-0.3, -0.25) is 9.69 Å². The summed E-state index contributed by atoms with van der Waals surface area (Å²) in [5, 5.41) is 6.55. The zero-order valence-corrected chi connectivity index (χ0v) is 13.9. The predicted molar refractivity (Wildman–Crippen MR) is 91.5 cm³/mol. The Balaban J connectivity index is 1.42. The van der Waals surface area contributed by atoms with Crippen LogP contribution in [0.3, 0.4) is 0 Å². The molecule has 6 heteroatoms. The van der Waals surface area contributed by atoms with E-state index in [2.05, 4.69) is 32.3 Å². The maximum atomic E-state index is 12.3. The van der Waals surface area contributed by atoms with Crippen LogP contribution in [0.25, 0.3) is 0 Å². The van der Waals surface area contributed by atoms with Crippen LogP contribution >= 0.6 is 0 Å². The lowest BCUT2D eigenvalue weighted by molar-refractivity contribution is -0.123. The molecule has 0 saturated carbocycles. The molecule has 1 aromatic rings. The van der Waals surface area contributed by atoms with Gasteiger partial charge < -0.3 is 15.5 Å². The van der Waals surface area contributed by atoms with Crippen LogP contribution in [0, 0.1) is 5.92 Å². The number of aromatic nitrogens is 1. The van der Waals surface area contributed by atoms with Crippen LogP contribution in [-0.2, 0) is 4.79 Å². The highest BCUT2D eigenvalue weighted by atomic mass is 16.2. The maximum absolute atomic E-state index is 12.3. The summed E-state index contributed by atoms with van der Waals surface area (Å²) in [5.41, 5.74) is 0. The van der Waals surface area contributed by atoms with E-state index in [1.165, 1.54) is 0 Å². The monoisotopic (exact) mass is 317 g/mol. The minimum absolute atomic E-state index is 0.150. The number of carbonyl (C=O) groups is 1. The lowest BCUT2D eigenvalue weighted by atomic mass is 9.95. The quantitative estimate of drug-likeness (QED) is 0.837. The summed E-state index contributed by atoms with van der Waals surface area (Å²) in [6.07, 6.45) is 2.96. The van der Waals surface area contributed by atoms with Gasteiger partial charge in [-0.05, 0) is 31.0 Å². The molecule has 2 aliphatic rings. The first-order valence-corrected chi connectivity index (χ1v) is 8.61. The molecule has 1 aromatic heterocycles. The molecule has 2 N–H and O–H groups in total. The third-order valence-corrected chi connectivity index (χ3v) is 4.89. The Hall–Kier alpha value is -1.66. The van der Waals surface area contributed by atoms with Gasteiger partial charge in [-0.25, -0.2) is 4.98 Å². The molecule has 1 amide bonds. The molecule has 2 aliphatic heterocycles. The maximum Gasteiger partial charge on any atom is 0.234 e. The van der Waals surface area contributed by atoms with Crippen LogP contribution in [0.1, 0.15) is 13.3 Å². The third-order valence-electron chi connectivity index (χ3n) is 4.89. The molecule has 0 aliphatic carbocycles. The summed E-state index contributed by atoms with van der Waals surface area (Å²) in [7, 11) is 0. The van der Waals surface area contributed by atoms with E-state index in [0.717, 1.165) is 51.5 Å². The van der Waals surface area contributed by atoms with E-state index < -0.39 is 0 Å². The zero-order chi connectivity index (χ0) is 16.1. The summed E-state index contributed by atoms with van der Waals surface area (Å²) in [4.78, 5) is 21.2. The number of hydrogen-bond acceptors (Lipinski definition) is 5. The Morgan fingerprint density at radius 1 is 1.35 bits per heavy atom. The fourth-order valence-electron chi connectivity index (χ4n) is 3.31. The molecule has 3 rings (SSSR count). The Bertz CT molecular complexity index is 501. The summed E-state index contributed by atoms with van der Waals surface area (Å²) >= 11 is 0. The third kappa shape index (κ3) is 4.42. The summed E-state index contributed by atoms with van der Waals surface area (Å²) in [6.45, 7) is 8.32. The molecule has 0 aromatic carbocycles. The van der Waals surface area contributed by atoms with Gasteiger partial charge in [0.1, 0.15) is 5.82 Å². The molecule has 126 valence electrons. The second-order valence-corrected chi connectivity index (χ2v) is 6.60. The summed E-state index contributed by atoms with van der Waals surface area (Å²) in [5.74, 6) is 1.73. The van der Waals surface area contributed by atoms with Crippen molar-refractivity contribution in [2.45, 2.75) is 19.4 Å². The van der Waals surface area contributed by atoms with Crippen LogP contribution in [0.4, 0.5) is 5.82 Å². The van der Waals surface area contributed by atoms with Gasteiger partial charge in [0.15, 0.2) is 0 Å². The van der Waals surface area contributed by atoms with Crippen molar-refractivity contribution >= 4 is 11.7 Å². The predicted octanol–water partition coefficient (Wildman–Crippen LogP) is 0.318. The Morgan fingerprint density at radius 2 is 2.17 bits per heavy atom. The molecular formula is C17H27N5O. The van der Waals surface area contributed by atoms with Gasteiger partial charge in [-0.15, -0.1) is 0 Å². The van der Waals surface area contributed by atoms with E-state index >= 15 is 0 Å². The van der Waals surface area contributed by atoms with Crippen molar-refractivity contribution in [3.8, 4) is 0 Å². The summed E-state index contributed by atoms with van der Waals surface area (Å²) in [6, 6.07) is 6.26. The SMILES string of the molecule is CC1CCNCC1NC(=O)CN1CCN(c2ccccn2)CC1. The lowest BCUT2D eigenvalue weighted by Gasteiger charge is -2.36. The number of piperazine rings is 1. The molecule has 2 atom stereocenters. The van der Waals surface area contributed by atoms with Crippen LogP contribution in [0.15, 0.2) is 24.4 Å². The molecule has 3 heterocycles. The van der Waals surface area contributed by atoms with E-state index in [0.29, 0.717) is 12.5 Å². The number of amides is 1. The van der Waals surface area contributed by atoms with Gasteiger partial charge in [0.25, 0.3) is 0 Å². The molecular weight excluding hydrogens is 290 g/mol. The van der Waals surface area contributed by atoms with E-state index in [9.17, 15) is 4.79 Å². The lowest BCUT2D eigenvalue weighted by Crippen LogP contribution is -2.54. The van der Waals surface area contributed by atoms with Gasteiger partial charge in [0.05, 0.1) is 6.54 Å². The molecule has 2 saturated heterocycles. The van der Waals surface area contributed by atoms with Crippen molar-refractivity contribution in [1.82, 2.24) is 20.5 Å². The normalized spacial score (nSPS) is 26.0. The fraction of sp³-hybridized carbons (Fsp3) is 0.647. The largest absolute Gasteiger partial charge is 0.354 e. The molecule has 23 heavy (non-hydrogen) atoms. The number of piperidine rings is 1. The number of anilines is 1. The average molecular weight is 317 g/mol. The van der Waals surface area contributed by atoms with Crippen molar-refractivity contribution in [3.05, 3.63) is 24.4 Å². The van der Waals surface area contributed by atoms with Crippen LogP contribution < -0.4 is 15.5 Å². The van der Waals surface area contributed by atoms with Gasteiger partial charge in [-0.2, -0.15) is 0 Å². The van der Waals surface area contributed by atoms with Crippen molar-refractivity contribution in [2.24, 2.45) is 5.92 Å². The van der Waals surface area contributed by atoms with Gasteiger partial charge in [0, 0.05) is 45.0 Å². The molecule has 6 nitrogen and oxygen atoms in total. The minimum atomic E-state index is 0.150. The number of pyridine rings is 1. The number of hydrogen-bond donors (Lipinski definition) is 2. The van der Waals surface area contributed by atoms with Crippen molar-refractivity contribution in [2.75, 3.05) is 50.7 Å². The smallest absolute Gasteiger partial charge is 0.234 e. The fourth-order valence-corrected chi connectivity index (χ4v) is 3.31. The van der Waals surface area contributed by atoms with Crippen molar-refractivity contribution in [3.63, 3.8) is 0 Å². The Kier molecular flexibility index (Phi) is 5.46. The van der Waals surface area contributed by atoms with Crippen molar-refractivity contribution < 1.29 is 4.79 Å². The standard InChI is InChI=1S/C17H27N5O/c1-14-5-7-18-12-15(14)20-17(23)13-21-8-10-22(11-9-21)16-4-2-3-6-19-16/h2-4,6,14-15,18H,5,7-13H2,1H3,(H,20,23). The molecule has 0 radical (unpaired) electrons. The number of nitrogens with zero attached hydrogens (tertiary/aromatic N) is 3. The average Bonchev–Trinajstić information content (AvgIpc) is 2.58. The topological polar surface area (TPSA) is 60.5 Å². The second kappa shape index (κ2) is 7.75. The number of nitrogens with one attached hydrogen (secondary N) is 2. The molecule has 2 fully saturated rings. The first-order chi connectivity index (χ1) is 11.2. The van der Waals surface area contributed by atoms with Gasteiger partial charge >= 0.3 is 0 Å². The molecule has 0 spiro atoms. The van der Waals surface area contributed by atoms with E-state index in [1.807, 2.05) is 24.4 Å².